The Morgan fingerprint density at radius 1 is 1.56 bits per heavy atom. The molecule has 16 heavy (non-hydrogen) atoms. The van der Waals surface area contributed by atoms with Crippen LogP contribution in [0.3, 0.4) is 0 Å². The van der Waals surface area contributed by atoms with Crippen molar-refractivity contribution in [1.82, 2.24) is 15.5 Å². The molecular weight excluding hydrogens is 226 g/mol. The van der Waals surface area contributed by atoms with Crippen molar-refractivity contribution in [1.29, 1.82) is 0 Å². The fourth-order valence-corrected chi connectivity index (χ4v) is 1.92. The molecule has 0 saturated heterocycles. The van der Waals surface area contributed by atoms with Crippen LogP contribution in [-0.4, -0.2) is 16.0 Å². The van der Waals surface area contributed by atoms with Crippen LogP contribution >= 0.6 is 11.3 Å². The number of hydrogen-bond donors (Lipinski definition) is 1. The van der Waals surface area contributed by atoms with Gasteiger partial charge in [-0.05, 0) is 13.8 Å². The zero-order valence-electron chi connectivity index (χ0n) is 8.98. The highest BCUT2D eigenvalue weighted by Crippen LogP contribution is 2.08. The van der Waals surface area contributed by atoms with E-state index in [2.05, 4.69) is 15.5 Å². The summed E-state index contributed by atoms with van der Waals surface area (Å²) in [5.74, 6) is 0.375. The SMILES string of the molecule is Cc1csc(CNC(=O)c2cc(C)on2)n1. The molecule has 0 aromatic carbocycles. The smallest absolute Gasteiger partial charge is 0.273 e. The first-order chi connectivity index (χ1) is 7.65. The number of thiazole rings is 1. The Bertz CT molecular complexity index is 504. The van der Waals surface area contributed by atoms with Gasteiger partial charge in [0, 0.05) is 17.1 Å². The van der Waals surface area contributed by atoms with Crippen LogP contribution < -0.4 is 5.32 Å². The number of aromatic nitrogens is 2. The number of amides is 1. The lowest BCUT2D eigenvalue weighted by Gasteiger charge is -1.98. The predicted octanol–water partition coefficient (Wildman–Crippen LogP) is 1.68. The third kappa shape index (κ3) is 2.46. The Labute approximate surface area is 96.5 Å². The van der Waals surface area contributed by atoms with Crippen molar-refractivity contribution in [3.8, 4) is 0 Å². The van der Waals surface area contributed by atoms with Gasteiger partial charge in [-0.2, -0.15) is 0 Å². The minimum Gasteiger partial charge on any atom is -0.361 e. The highest BCUT2D eigenvalue weighted by Gasteiger charge is 2.10. The maximum Gasteiger partial charge on any atom is 0.273 e. The Balaban J connectivity index is 1.93. The number of carbonyl (C=O) groups excluding carboxylic acids is 1. The van der Waals surface area contributed by atoms with Gasteiger partial charge in [0.05, 0.1) is 6.54 Å². The van der Waals surface area contributed by atoms with E-state index in [0.717, 1.165) is 10.7 Å². The first-order valence-corrected chi connectivity index (χ1v) is 5.65. The lowest BCUT2D eigenvalue weighted by molar-refractivity contribution is 0.0941. The lowest BCUT2D eigenvalue weighted by atomic mass is 10.3. The molecule has 0 bridgehead atoms. The zero-order valence-corrected chi connectivity index (χ0v) is 9.80. The average molecular weight is 237 g/mol. The normalized spacial score (nSPS) is 10.4. The molecule has 0 radical (unpaired) electrons. The fourth-order valence-electron chi connectivity index (χ4n) is 1.20. The van der Waals surface area contributed by atoms with E-state index in [1.807, 2.05) is 12.3 Å². The quantitative estimate of drug-likeness (QED) is 0.881. The van der Waals surface area contributed by atoms with Crippen molar-refractivity contribution < 1.29 is 9.32 Å². The summed E-state index contributed by atoms with van der Waals surface area (Å²) in [5.41, 5.74) is 1.26. The van der Waals surface area contributed by atoms with Crippen LogP contribution in [0.4, 0.5) is 0 Å². The molecule has 0 fully saturated rings. The molecule has 0 spiro atoms. The monoisotopic (exact) mass is 237 g/mol. The van der Waals surface area contributed by atoms with Crippen LogP contribution in [0.5, 0.6) is 0 Å². The van der Waals surface area contributed by atoms with Crippen LogP contribution in [-0.2, 0) is 6.54 Å². The molecular formula is C10H11N3O2S. The maximum atomic E-state index is 11.6. The van der Waals surface area contributed by atoms with Crippen molar-refractivity contribution >= 4 is 17.2 Å². The van der Waals surface area contributed by atoms with Crippen molar-refractivity contribution in [2.75, 3.05) is 0 Å². The molecule has 0 unspecified atom stereocenters. The van der Waals surface area contributed by atoms with Crippen molar-refractivity contribution in [2.45, 2.75) is 20.4 Å². The van der Waals surface area contributed by atoms with Crippen molar-refractivity contribution in [2.24, 2.45) is 0 Å². The van der Waals surface area contributed by atoms with Gasteiger partial charge < -0.3 is 9.84 Å². The summed E-state index contributed by atoms with van der Waals surface area (Å²) in [6.45, 7) is 4.08. The first kappa shape index (κ1) is 10.8. The molecule has 2 aromatic heterocycles. The molecule has 2 rings (SSSR count). The molecule has 5 nitrogen and oxygen atoms in total. The standard InChI is InChI=1S/C10H11N3O2S/c1-6-5-16-9(12-6)4-11-10(14)8-3-7(2)15-13-8/h3,5H,4H2,1-2H3,(H,11,14). The molecule has 2 aromatic rings. The number of nitrogens with zero attached hydrogens (tertiary/aromatic N) is 2. The third-order valence-corrected chi connectivity index (χ3v) is 2.89. The van der Waals surface area contributed by atoms with Crippen LogP contribution in [0.1, 0.15) is 27.0 Å². The third-order valence-electron chi connectivity index (χ3n) is 1.93. The number of carbonyl (C=O) groups is 1. The van der Waals surface area contributed by atoms with E-state index in [9.17, 15) is 4.79 Å². The Morgan fingerprint density at radius 2 is 2.38 bits per heavy atom. The summed E-state index contributed by atoms with van der Waals surface area (Å²) < 4.78 is 4.82. The van der Waals surface area contributed by atoms with Crippen LogP contribution in [0.2, 0.25) is 0 Å². The van der Waals surface area contributed by atoms with Crippen molar-refractivity contribution in [3.63, 3.8) is 0 Å². The van der Waals surface area contributed by atoms with Gasteiger partial charge in [0.25, 0.3) is 5.91 Å². The molecule has 0 aliphatic heterocycles. The highest BCUT2D eigenvalue weighted by molar-refractivity contribution is 7.09. The molecule has 0 aliphatic rings. The topological polar surface area (TPSA) is 68.0 Å². The first-order valence-electron chi connectivity index (χ1n) is 4.77. The second-order valence-electron chi connectivity index (χ2n) is 3.39. The zero-order chi connectivity index (χ0) is 11.5. The molecule has 0 saturated carbocycles. The fraction of sp³-hybridized carbons (Fsp3) is 0.300. The van der Waals surface area contributed by atoms with E-state index in [4.69, 9.17) is 4.52 Å². The van der Waals surface area contributed by atoms with Gasteiger partial charge in [0.1, 0.15) is 10.8 Å². The van der Waals surface area contributed by atoms with Gasteiger partial charge in [-0.15, -0.1) is 11.3 Å². The Kier molecular flexibility index (Phi) is 3.00. The van der Waals surface area contributed by atoms with Crippen LogP contribution in [0.25, 0.3) is 0 Å². The maximum absolute atomic E-state index is 11.6. The highest BCUT2D eigenvalue weighted by atomic mass is 32.1. The minimum absolute atomic E-state index is 0.246. The lowest BCUT2D eigenvalue weighted by Crippen LogP contribution is -2.22. The van der Waals surface area contributed by atoms with Gasteiger partial charge in [-0.25, -0.2) is 4.98 Å². The molecule has 6 heteroatoms. The summed E-state index contributed by atoms with van der Waals surface area (Å²) in [7, 11) is 0. The van der Waals surface area contributed by atoms with Gasteiger partial charge in [0.2, 0.25) is 0 Å². The summed E-state index contributed by atoms with van der Waals surface area (Å²) in [6, 6.07) is 1.60. The van der Waals surface area contributed by atoms with Crippen molar-refractivity contribution in [3.05, 3.63) is 33.6 Å². The second-order valence-corrected chi connectivity index (χ2v) is 4.33. The van der Waals surface area contributed by atoms with Gasteiger partial charge in [-0.3, -0.25) is 4.79 Å². The summed E-state index contributed by atoms with van der Waals surface area (Å²) in [5, 5.41) is 9.18. The number of aryl methyl sites for hydroxylation is 2. The number of hydrogen-bond acceptors (Lipinski definition) is 5. The summed E-state index contributed by atoms with van der Waals surface area (Å²) in [6.07, 6.45) is 0. The molecule has 0 atom stereocenters. The molecule has 0 aliphatic carbocycles. The number of rotatable bonds is 3. The molecule has 1 amide bonds. The average Bonchev–Trinajstić information content (AvgIpc) is 2.84. The largest absolute Gasteiger partial charge is 0.361 e. The van der Waals surface area contributed by atoms with Gasteiger partial charge >= 0.3 is 0 Å². The summed E-state index contributed by atoms with van der Waals surface area (Å²) >= 11 is 1.52. The van der Waals surface area contributed by atoms with E-state index >= 15 is 0 Å². The van der Waals surface area contributed by atoms with E-state index in [0.29, 0.717) is 18.0 Å². The van der Waals surface area contributed by atoms with Crippen LogP contribution in [0, 0.1) is 13.8 Å². The van der Waals surface area contributed by atoms with E-state index in [1.165, 1.54) is 11.3 Å². The molecule has 1 N–H and O–H groups in total. The van der Waals surface area contributed by atoms with Gasteiger partial charge in [0.15, 0.2) is 5.69 Å². The van der Waals surface area contributed by atoms with E-state index < -0.39 is 0 Å². The second kappa shape index (κ2) is 4.44. The van der Waals surface area contributed by atoms with Crippen LogP contribution in [0.15, 0.2) is 16.0 Å². The Hall–Kier alpha value is -1.69. The van der Waals surface area contributed by atoms with E-state index in [-0.39, 0.29) is 5.91 Å². The minimum atomic E-state index is -0.246. The van der Waals surface area contributed by atoms with Gasteiger partial charge in [-0.1, -0.05) is 5.16 Å². The molecule has 2 heterocycles. The van der Waals surface area contributed by atoms with E-state index in [1.54, 1.807) is 13.0 Å². The number of nitrogens with one attached hydrogen (secondary N) is 1. The predicted molar refractivity (Wildman–Crippen MR) is 59.3 cm³/mol. The molecule has 84 valence electrons. The Morgan fingerprint density at radius 3 is 2.94 bits per heavy atom. The summed E-state index contributed by atoms with van der Waals surface area (Å²) in [4.78, 5) is 15.8.